The van der Waals surface area contributed by atoms with Crippen molar-refractivity contribution in [2.24, 2.45) is 7.05 Å². The molecule has 0 spiro atoms. The van der Waals surface area contributed by atoms with E-state index in [1.807, 2.05) is 73.9 Å². The number of furan rings is 1. The van der Waals surface area contributed by atoms with Gasteiger partial charge in [0.25, 0.3) is 0 Å². The van der Waals surface area contributed by atoms with Crippen molar-refractivity contribution in [1.29, 1.82) is 0 Å². The molecule has 0 saturated heterocycles. The first-order valence-corrected chi connectivity index (χ1v) is 10.7. The van der Waals surface area contributed by atoms with Crippen molar-refractivity contribution in [3.05, 3.63) is 103 Å². The molecule has 2 aromatic heterocycles. The van der Waals surface area contributed by atoms with Gasteiger partial charge in [-0.15, -0.1) is 0 Å². The number of rotatable bonds is 2. The number of hydrogen-bond donors (Lipinski definition) is 0. The minimum Gasteiger partial charge on any atom is -0.454 e. The molecule has 0 radical (unpaired) electrons. The molecule has 4 aromatic carbocycles. The van der Waals surface area contributed by atoms with Gasteiger partial charge in [0.2, 0.25) is 5.69 Å². The maximum absolute atomic E-state index is 15.4. The lowest BCUT2D eigenvalue weighted by atomic mass is 9.95. The van der Waals surface area contributed by atoms with Crippen LogP contribution in [0.2, 0.25) is 0 Å². The van der Waals surface area contributed by atoms with Crippen LogP contribution in [0.25, 0.3) is 55.1 Å². The summed E-state index contributed by atoms with van der Waals surface area (Å²) in [5.41, 5.74) is 5.93. The average Bonchev–Trinajstić information content (AvgIpc) is 3.18. The van der Waals surface area contributed by atoms with Gasteiger partial charge in [0.15, 0.2) is 6.20 Å². The van der Waals surface area contributed by atoms with E-state index in [0.717, 1.165) is 49.5 Å². The topological polar surface area (TPSA) is 17.0 Å². The Hall–Kier alpha value is -3.98. The van der Waals surface area contributed by atoms with E-state index in [-0.39, 0.29) is 5.82 Å². The summed E-state index contributed by atoms with van der Waals surface area (Å²) < 4.78 is 24.0. The summed E-state index contributed by atoms with van der Waals surface area (Å²) in [6.45, 7) is 2.08. The summed E-state index contributed by atoms with van der Waals surface area (Å²) in [6.07, 6.45) is 2.03. The summed E-state index contributed by atoms with van der Waals surface area (Å²) in [6, 6.07) is 27.7. The number of pyridine rings is 1. The van der Waals surface area contributed by atoms with E-state index in [2.05, 4.69) is 29.7 Å². The van der Waals surface area contributed by atoms with E-state index in [4.69, 9.17) is 4.42 Å². The molecule has 0 aliphatic rings. The van der Waals surface area contributed by atoms with Crippen LogP contribution >= 0.6 is 0 Å². The van der Waals surface area contributed by atoms with Gasteiger partial charge < -0.3 is 4.42 Å². The minimum atomic E-state index is -0.281. The van der Waals surface area contributed by atoms with Gasteiger partial charge in [0, 0.05) is 22.9 Å². The molecule has 154 valence electrons. The van der Waals surface area contributed by atoms with Crippen molar-refractivity contribution < 1.29 is 13.4 Å². The summed E-state index contributed by atoms with van der Waals surface area (Å²) in [4.78, 5) is 0. The molecule has 0 amide bonds. The van der Waals surface area contributed by atoms with Crippen LogP contribution in [-0.4, -0.2) is 0 Å². The van der Waals surface area contributed by atoms with Gasteiger partial charge in [-0.3, -0.25) is 0 Å². The number of aromatic nitrogens is 1. The summed E-state index contributed by atoms with van der Waals surface area (Å²) >= 11 is 0. The van der Waals surface area contributed by atoms with Crippen molar-refractivity contribution >= 4 is 32.7 Å². The van der Waals surface area contributed by atoms with Gasteiger partial charge >= 0.3 is 0 Å². The fraction of sp³-hybridized carbons (Fsp3) is 0.0690. The normalized spacial score (nSPS) is 11.6. The number of aryl methyl sites for hydroxylation is 2. The van der Waals surface area contributed by atoms with Gasteiger partial charge in [-0.25, -0.2) is 8.96 Å². The SMILES string of the molecule is Cc1ccc2c(oc3c(-c4cccc5ccccc45)c(F)ccc32)c1-c1cccc[n+]1C. The molecule has 6 rings (SSSR count). The molecule has 6 aromatic rings. The highest BCUT2D eigenvalue weighted by molar-refractivity contribution is 6.15. The van der Waals surface area contributed by atoms with E-state index in [1.165, 1.54) is 0 Å². The van der Waals surface area contributed by atoms with Crippen molar-refractivity contribution in [2.45, 2.75) is 6.92 Å². The predicted molar refractivity (Wildman–Crippen MR) is 128 cm³/mol. The van der Waals surface area contributed by atoms with Crippen LogP contribution in [-0.2, 0) is 7.05 Å². The maximum Gasteiger partial charge on any atom is 0.216 e. The molecular weight excluding hydrogens is 397 g/mol. The van der Waals surface area contributed by atoms with Gasteiger partial charge in [-0.2, -0.15) is 0 Å². The highest BCUT2D eigenvalue weighted by Crippen LogP contribution is 2.42. The van der Waals surface area contributed by atoms with Gasteiger partial charge in [0.05, 0.1) is 11.1 Å². The largest absolute Gasteiger partial charge is 0.454 e. The third-order valence-corrected chi connectivity index (χ3v) is 6.34. The van der Waals surface area contributed by atoms with Crippen LogP contribution in [0.1, 0.15) is 5.56 Å². The first-order valence-electron chi connectivity index (χ1n) is 10.7. The zero-order valence-electron chi connectivity index (χ0n) is 17.9. The van der Waals surface area contributed by atoms with Crippen molar-refractivity contribution in [3.8, 4) is 22.4 Å². The molecule has 0 aliphatic carbocycles. The second-order valence-electron chi connectivity index (χ2n) is 8.26. The zero-order valence-corrected chi connectivity index (χ0v) is 17.9. The van der Waals surface area contributed by atoms with E-state index in [9.17, 15) is 0 Å². The lowest BCUT2D eigenvalue weighted by Crippen LogP contribution is -2.30. The number of benzene rings is 4. The molecule has 0 fully saturated rings. The first kappa shape index (κ1) is 18.8. The Balaban J connectivity index is 1.75. The van der Waals surface area contributed by atoms with Crippen LogP contribution in [0.3, 0.4) is 0 Å². The molecule has 0 atom stereocenters. The molecule has 3 heteroatoms. The fourth-order valence-corrected chi connectivity index (χ4v) is 4.77. The number of halogens is 1. The van der Waals surface area contributed by atoms with Gasteiger partial charge in [0.1, 0.15) is 24.0 Å². The Morgan fingerprint density at radius 3 is 2.25 bits per heavy atom. The van der Waals surface area contributed by atoms with Crippen LogP contribution in [0, 0.1) is 12.7 Å². The first-order chi connectivity index (χ1) is 15.6. The molecule has 2 nitrogen and oxygen atoms in total. The minimum absolute atomic E-state index is 0.281. The lowest BCUT2D eigenvalue weighted by molar-refractivity contribution is -0.660. The van der Waals surface area contributed by atoms with Crippen molar-refractivity contribution in [1.82, 2.24) is 0 Å². The van der Waals surface area contributed by atoms with Crippen LogP contribution in [0.5, 0.6) is 0 Å². The average molecular weight is 418 g/mol. The Labute approximate surface area is 185 Å². The third-order valence-electron chi connectivity index (χ3n) is 6.34. The van der Waals surface area contributed by atoms with Gasteiger partial charge in [-0.05, 0) is 47.0 Å². The fourth-order valence-electron chi connectivity index (χ4n) is 4.77. The van der Waals surface area contributed by atoms with Crippen molar-refractivity contribution in [3.63, 3.8) is 0 Å². The van der Waals surface area contributed by atoms with E-state index in [1.54, 1.807) is 6.07 Å². The molecule has 2 heterocycles. The van der Waals surface area contributed by atoms with E-state index < -0.39 is 0 Å². The summed E-state index contributed by atoms with van der Waals surface area (Å²) in [7, 11) is 2.03. The number of nitrogens with zero attached hydrogens (tertiary/aromatic N) is 1. The highest BCUT2D eigenvalue weighted by atomic mass is 19.1. The lowest BCUT2D eigenvalue weighted by Gasteiger charge is -2.08. The molecule has 0 bridgehead atoms. The monoisotopic (exact) mass is 418 g/mol. The Morgan fingerprint density at radius 2 is 1.41 bits per heavy atom. The smallest absolute Gasteiger partial charge is 0.216 e. The standard InChI is InChI=1S/C29H21FNO/c1-18-13-14-22-23-15-16-24(30)27(21-11-7-9-19-8-3-4-10-20(19)21)29(23)32-28(22)26(18)25-12-5-6-17-31(25)2/h3-17H,1-2H3/q+1. The number of hydrogen-bond acceptors (Lipinski definition) is 1. The van der Waals surface area contributed by atoms with Crippen LogP contribution < -0.4 is 4.57 Å². The van der Waals surface area contributed by atoms with E-state index >= 15 is 4.39 Å². The molecule has 0 unspecified atom stereocenters. The van der Waals surface area contributed by atoms with Gasteiger partial charge in [-0.1, -0.05) is 54.6 Å². The quantitative estimate of drug-likeness (QED) is 0.269. The predicted octanol–water partition coefficient (Wildman–Crippen LogP) is 7.35. The second kappa shape index (κ2) is 7.03. The highest BCUT2D eigenvalue weighted by Gasteiger charge is 2.23. The molecular formula is C29H21FNO+. The Bertz CT molecular complexity index is 1660. The molecule has 32 heavy (non-hydrogen) atoms. The maximum atomic E-state index is 15.4. The molecule has 0 N–H and O–H groups in total. The molecule has 0 aliphatic heterocycles. The van der Waals surface area contributed by atoms with Crippen LogP contribution in [0.4, 0.5) is 4.39 Å². The molecule has 0 saturated carbocycles. The van der Waals surface area contributed by atoms with Crippen LogP contribution in [0.15, 0.2) is 95.5 Å². The second-order valence-corrected chi connectivity index (χ2v) is 8.26. The Kier molecular flexibility index (Phi) is 4.12. The number of fused-ring (bicyclic) bond motifs is 4. The third kappa shape index (κ3) is 2.68. The summed E-state index contributed by atoms with van der Waals surface area (Å²) in [5, 5.41) is 3.99. The van der Waals surface area contributed by atoms with E-state index in [0.29, 0.717) is 11.1 Å². The summed E-state index contributed by atoms with van der Waals surface area (Å²) in [5.74, 6) is -0.281. The Morgan fingerprint density at radius 1 is 0.688 bits per heavy atom. The zero-order chi connectivity index (χ0) is 21.8. The van der Waals surface area contributed by atoms with Crippen molar-refractivity contribution in [2.75, 3.05) is 0 Å².